The van der Waals surface area contributed by atoms with Gasteiger partial charge in [0, 0.05) is 12.6 Å². The van der Waals surface area contributed by atoms with Gasteiger partial charge in [-0.05, 0) is 44.5 Å². The maximum atomic E-state index is 12.7. The van der Waals surface area contributed by atoms with Gasteiger partial charge in [0.15, 0.2) is 0 Å². The number of nitrogens with zero attached hydrogens (tertiary/aromatic N) is 1. The van der Waals surface area contributed by atoms with Gasteiger partial charge in [-0.25, -0.2) is 0 Å². The molecule has 0 atom stereocenters. The van der Waals surface area contributed by atoms with Gasteiger partial charge in [0.2, 0.25) is 0 Å². The smallest absolute Gasteiger partial charge is 0.419 e. The predicted octanol–water partition coefficient (Wildman–Crippen LogP) is 4.03. The van der Waals surface area contributed by atoms with Crippen molar-refractivity contribution in [3.05, 3.63) is 29.3 Å². The maximum absolute atomic E-state index is 12.7. The molecular formula is C14H20F3NO. The van der Waals surface area contributed by atoms with Gasteiger partial charge < -0.3 is 5.11 Å². The van der Waals surface area contributed by atoms with Gasteiger partial charge in [0.05, 0.1) is 5.56 Å². The minimum Gasteiger partial charge on any atom is -0.507 e. The van der Waals surface area contributed by atoms with Crippen molar-refractivity contribution in [2.24, 2.45) is 0 Å². The Balaban J connectivity index is 2.96. The summed E-state index contributed by atoms with van der Waals surface area (Å²) in [6.45, 7) is 7.35. The van der Waals surface area contributed by atoms with Crippen molar-refractivity contribution in [2.75, 3.05) is 6.54 Å². The van der Waals surface area contributed by atoms with Gasteiger partial charge in [-0.15, -0.1) is 0 Å². The Kier molecular flexibility index (Phi) is 5.23. The molecule has 0 fully saturated rings. The Morgan fingerprint density at radius 2 is 1.89 bits per heavy atom. The average molecular weight is 275 g/mol. The molecule has 0 bridgehead atoms. The van der Waals surface area contributed by atoms with E-state index in [0.717, 1.165) is 25.1 Å². The number of phenols is 1. The van der Waals surface area contributed by atoms with Crippen LogP contribution in [0.2, 0.25) is 0 Å². The second kappa shape index (κ2) is 6.28. The van der Waals surface area contributed by atoms with Gasteiger partial charge in [0.25, 0.3) is 0 Å². The topological polar surface area (TPSA) is 23.5 Å². The van der Waals surface area contributed by atoms with Gasteiger partial charge >= 0.3 is 6.18 Å². The molecule has 0 unspecified atom stereocenters. The lowest BCUT2D eigenvalue weighted by molar-refractivity contribution is -0.138. The van der Waals surface area contributed by atoms with Crippen molar-refractivity contribution in [1.82, 2.24) is 4.90 Å². The summed E-state index contributed by atoms with van der Waals surface area (Å²) < 4.78 is 38.1. The lowest BCUT2D eigenvalue weighted by Gasteiger charge is -2.26. The van der Waals surface area contributed by atoms with E-state index in [9.17, 15) is 18.3 Å². The zero-order chi connectivity index (χ0) is 14.6. The first-order chi connectivity index (χ1) is 8.75. The Morgan fingerprint density at radius 3 is 2.37 bits per heavy atom. The van der Waals surface area contributed by atoms with Crippen molar-refractivity contribution >= 4 is 0 Å². The van der Waals surface area contributed by atoms with E-state index in [1.807, 2.05) is 20.8 Å². The third kappa shape index (κ3) is 4.42. The van der Waals surface area contributed by atoms with Gasteiger partial charge in [-0.3, -0.25) is 4.90 Å². The number of halogens is 3. The Hall–Kier alpha value is -1.23. The molecule has 1 aromatic carbocycles. The summed E-state index contributed by atoms with van der Waals surface area (Å²) in [6.07, 6.45) is -3.57. The highest BCUT2D eigenvalue weighted by molar-refractivity contribution is 5.38. The molecule has 0 saturated heterocycles. The summed E-state index contributed by atoms with van der Waals surface area (Å²) in [6, 6.07) is 3.95. The molecule has 1 aromatic rings. The summed E-state index contributed by atoms with van der Waals surface area (Å²) >= 11 is 0. The third-order valence-corrected chi connectivity index (χ3v) is 2.99. The standard InChI is InChI=1S/C14H20F3NO/c1-4-7-18(10(2)3)9-11-5-6-13(19)12(8-11)14(15,16)17/h5-6,8,10,19H,4,7,9H2,1-3H3. The molecule has 19 heavy (non-hydrogen) atoms. The number of rotatable bonds is 5. The molecule has 0 saturated carbocycles. The fourth-order valence-corrected chi connectivity index (χ4v) is 1.95. The van der Waals surface area contributed by atoms with Crippen LogP contribution in [0.25, 0.3) is 0 Å². The van der Waals surface area contributed by atoms with Crippen LogP contribution >= 0.6 is 0 Å². The molecule has 0 aliphatic rings. The molecule has 0 aliphatic carbocycles. The van der Waals surface area contributed by atoms with Crippen LogP contribution < -0.4 is 0 Å². The minimum atomic E-state index is -4.52. The second-order valence-electron chi connectivity index (χ2n) is 4.91. The first kappa shape index (κ1) is 15.8. The molecular weight excluding hydrogens is 255 g/mol. The Morgan fingerprint density at radius 1 is 1.26 bits per heavy atom. The molecule has 2 nitrogen and oxygen atoms in total. The van der Waals surface area contributed by atoms with Crippen molar-refractivity contribution in [3.63, 3.8) is 0 Å². The quantitative estimate of drug-likeness (QED) is 0.877. The van der Waals surface area contributed by atoms with Gasteiger partial charge in [0.1, 0.15) is 5.75 Å². The van der Waals surface area contributed by atoms with Crippen molar-refractivity contribution in [2.45, 2.75) is 46.0 Å². The molecule has 1 N–H and O–H groups in total. The highest BCUT2D eigenvalue weighted by Crippen LogP contribution is 2.36. The lowest BCUT2D eigenvalue weighted by Crippen LogP contribution is -2.31. The summed E-state index contributed by atoms with van der Waals surface area (Å²) in [5.41, 5.74) is -0.405. The number of phenolic OH excluding ortho intramolecular Hbond substituents is 1. The van der Waals surface area contributed by atoms with Crippen LogP contribution in [0.15, 0.2) is 18.2 Å². The highest BCUT2D eigenvalue weighted by atomic mass is 19.4. The van der Waals surface area contributed by atoms with Crippen molar-refractivity contribution in [1.29, 1.82) is 0 Å². The molecule has 5 heteroatoms. The normalized spacial score (nSPS) is 12.4. The van der Waals surface area contributed by atoms with Crippen LogP contribution in [0.5, 0.6) is 5.75 Å². The zero-order valence-corrected chi connectivity index (χ0v) is 11.5. The van der Waals surface area contributed by atoms with Gasteiger partial charge in [-0.2, -0.15) is 13.2 Å². The predicted molar refractivity (Wildman–Crippen MR) is 68.9 cm³/mol. The van der Waals surface area contributed by atoms with Crippen molar-refractivity contribution in [3.8, 4) is 5.75 Å². The lowest BCUT2D eigenvalue weighted by atomic mass is 10.1. The molecule has 0 aliphatic heterocycles. The summed E-state index contributed by atoms with van der Waals surface area (Å²) in [5.74, 6) is -0.720. The fraction of sp³-hybridized carbons (Fsp3) is 0.571. The average Bonchev–Trinajstić information content (AvgIpc) is 2.29. The first-order valence-corrected chi connectivity index (χ1v) is 6.38. The van der Waals surface area contributed by atoms with E-state index in [1.54, 1.807) is 0 Å². The highest BCUT2D eigenvalue weighted by Gasteiger charge is 2.34. The Labute approximate surface area is 111 Å². The van der Waals surface area contributed by atoms with E-state index in [1.165, 1.54) is 6.07 Å². The van der Waals surface area contributed by atoms with E-state index < -0.39 is 17.5 Å². The SMILES string of the molecule is CCCN(Cc1ccc(O)c(C(F)(F)F)c1)C(C)C. The second-order valence-corrected chi connectivity index (χ2v) is 4.91. The van der Waals surface area contributed by atoms with E-state index in [-0.39, 0.29) is 6.04 Å². The third-order valence-electron chi connectivity index (χ3n) is 2.99. The number of alkyl halides is 3. The van der Waals surface area contributed by atoms with E-state index >= 15 is 0 Å². The minimum absolute atomic E-state index is 0.267. The maximum Gasteiger partial charge on any atom is 0.419 e. The van der Waals surface area contributed by atoms with Crippen LogP contribution in [0.3, 0.4) is 0 Å². The largest absolute Gasteiger partial charge is 0.507 e. The van der Waals surface area contributed by atoms with Crippen LogP contribution in [0.1, 0.15) is 38.3 Å². The van der Waals surface area contributed by atoms with Crippen molar-refractivity contribution < 1.29 is 18.3 Å². The number of hydrogen-bond acceptors (Lipinski definition) is 2. The molecule has 108 valence electrons. The first-order valence-electron chi connectivity index (χ1n) is 6.38. The summed E-state index contributed by atoms with van der Waals surface area (Å²) in [7, 11) is 0. The van der Waals surface area contributed by atoms with E-state index in [2.05, 4.69) is 4.90 Å². The molecule has 0 amide bonds. The van der Waals surface area contributed by atoms with Crippen LogP contribution in [-0.4, -0.2) is 22.6 Å². The van der Waals surface area contributed by atoms with E-state index in [0.29, 0.717) is 12.1 Å². The Bertz CT molecular complexity index is 416. The molecule has 0 heterocycles. The molecule has 0 radical (unpaired) electrons. The summed E-state index contributed by atoms with van der Waals surface area (Å²) in [5, 5.41) is 9.28. The zero-order valence-electron chi connectivity index (χ0n) is 11.5. The van der Waals surface area contributed by atoms with Gasteiger partial charge in [-0.1, -0.05) is 13.0 Å². The summed E-state index contributed by atoms with van der Waals surface area (Å²) in [4.78, 5) is 2.10. The van der Waals surface area contributed by atoms with E-state index in [4.69, 9.17) is 0 Å². The number of hydrogen-bond donors (Lipinski definition) is 1. The fourth-order valence-electron chi connectivity index (χ4n) is 1.95. The van der Waals surface area contributed by atoms with Crippen LogP contribution in [0.4, 0.5) is 13.2 Å². The molecule has 1 rings (SSSR count). The molecule has 0 aromatic heterocycles. The number of benzene rings is 1. The monoisotopic (exact) mass is 275 g/mol. The molecule has 0 spiro atoms. The van der Waals surface area contributed by atoms with Crippen LogP contribution in [0, 0.1) is 0 Å². The van der Waals surface area contributed by atoms with Crippen LogP contribution in [-0.2, 0) is 12.7 Å². The number of aromatic hydroxyl groups is 1.